The summed E-state index contributed by atoms with van der Waals surface area (Å²) in [6, 6.07) is 9.45. The lowest BCUT2D eigenvalue weighted by Gasteiger charge is -2.09. The van der Waals surface area contributed by atoms with Gasteiger partial charge in [0.1, 0.15) is 0 Å². The van der Waals surface area contributed by atoms with Gasteiger partial charge in [-0.2, -0.15) is 0 Å². The van der Waals surface area contributed by atoms with Gasteiger partial charge in [0.2, 0.25) is 11.9 Å². The maximum atomic E-state index is 11.6. The zero-order valence-corrected chi connectivity index (χ0v) is 12.6. The van der Waals surface area contributed by atoms with E-state index < -0.39 is 0 Å². The Balaban J connectivity index is 2.12. The van der Waals surface area contributed by atoms with E-state index in [0.717, 1.165) is 29.2 Å². The van der Waals surface area contributed by atoms with Gasteiger partial charge in [0.05, 0.1) is 0 Å². The van der Waals surface area contributed by atoms with Gasteiger partial charge < -0.3 is 10.6 Å². The van der Waals surface area contributed by atoms with E-state index in [-0.39, 0.29) is 5.91 Å². The third kappa shape index (κ3) is 4.56. The largest absolute Gasteiger partial charge is 0.326 e. The van der Waals surface area contributed by atoms with E-state index in [1.807, 2.05) is 51.1 Å². The highest BCUT2D eigenvalue weighted by molar-refractivity contribution is 5.91. The number of hydrogen-bond acceptors (Lipinski definition) is 4. The summed E-state index contributed by atoms with van der Waals surface area (Å²) < 4.78 is 0. The first-order valence-electron chi connectivity index (χ1n) is 7.06. The number of carbonyl (C=O) groups is 1. The van der Waals surface area contributed by atoms with Crippen LogP contribution in [0.4, 0.5) is 17.3 Å². The van der Waals surface area contributed by atoms with E-state index in [0.29, 0.717) is 12.4 Å². The van der Waals surface area contributed by atoms with Gasteiger partial charge in [-0.1, -0.05) is 13.0 Å². The first-order chi connectivity index (χ1) is 10.1. The summed E-state index contributed by atoms with van der Waals surface area (Å²) in [6.45, 7) is 5.84. The molecule has 1 amide bonds. The highest BCUT2D eigenvalue weighted by atomic mass is 16.1. The first kappa shape index (κ1) is 15.0. The van der Waals surface area contributed by atoms with E-state index in [1.54, 1.807) is 0 Å². The Labute approximate surface area is 124 Å². The molecular formula is C16H20N4O. The normalized spacial score (nSPS) is 10.2. The summed E-state index contributed by atoms with van der Waals surface area (Å²) in [5.41, 5.74) is 3.44. The molecule has 2 rings (SSSR count). The first-order valence-corrected chi connectivity index (χ1v) is 7.06. The molecular weight excluding hydrogens is 264 g/mol. The molecule has 2 aromatic rings. The molecule has 110 valence electrons. The fourth-order valence-corrected chi connectivity index (χ4v) is 2.04. The second-order valence-electron chi connectivity index (χ2n) is 4.98. The number of aryl methyl sites for hydroxylation is 2. The molecule has 0 aliphatic carbocycles. The quantitative estimate of drug-likeness (QED) is 0.880. The van der Waals surface area contributed by atoms with Crippen LogP contribution in [0.3, 0.4) is 0 Å². The van der Waals surface area contributed by atoms with E-state index in [2.05, 4.69) is 20.6 Å². The fourth-order valence-electron chi connectivity index (χ4n) is 2.04. The van der Waals surface area contributed by atoms with Crippen molar-refractivity contribution in [2.75, 3.05) is 10.6 Å². The van der Waals surface area contributed by atoms with Crippen molar-refractivity contribution in [3.05, 3.63) is 41.7 Å². The highest BCUT2D eigenvalue weighted by Crippen LogP contribution is 2.18. The van der Waals surface area contributed by atoms with Crippen molar-refractivity contribution in [3.63, 3.8) is 0 Å². The summed E-state index contributed by atoms with van der Waals surface area (Å²) >= 11 is 0. The molecule has 21 heavy (non-hydrogen) atoms. The molecule has 0 aliphatic heterocycles. The van der Waals surface area contributed by atoms with Crippen molar-refractivity contribution < 1.29 is 4.79 Å². The molecule has 0 bridgehead atoms. The average molecular weight is 284 g/mol. The Hall–Kier alpha value is -2.43. The minimum absolute atomic E-state index is 0.0253. The lowest BCUT2D eigenvalue weighted by molar-refractivity contribution is -0.116. The predicted octanol–water partition coefficient (Wildman–Crippen LogP) is 3.58. The van der Waals surface area contributed by atoms with Crippen LogP contribution >= 0.6 is 0 Å². The zero-order valence-electron chi connectivity index (χ0n) is 12.6. The number of anilines is 3. The van der Waals surface area contributed by atoms with Crippen LogP contribution in [0.5, 0.6) is 0 Å². The van der Waals surface area contributed by atoms with Gasteiger partial charge in [-0.05, 0) is 44.5 Å². The molecule has 0 radical (unpaired) electrons. The van der Waals surface area contributed by atoms with E-state index in [1.165, 1.54) is 0 Å². The summed E-state index contributed by atoms with van der Waals surface area (Å²) in [4.78, 5) is 20.3. The van der Waals surface area contributed by atoms with Crippen molar-refractivity contribution >= 4 is 23.2 Å². The molecule has 1 aromatic heterocycles. The molecule has 0 unspecified atom stereocenters. The molecule has 0 saturated heterocycles. The summed E-state index contributed by atoms with van der Waals surface area (Å²) in [6.07, 6.45) is 1.36. The molecule has 1 heterocycles. The number of aromatic nitrogens is 2. The Morgan fingerprint density at radius 1 is 1.10 bits per heavy atom. The molecule has 0 aliphatic rings. The summed E-state index contributed by atoms with van der Waals surface area (Å²) in [5.74, 6) is 0.585. The average Bonchev–Trinajstić information content (AvgIpc) is 2.37. The Morgan fingerprint density at radius 2 is 1.76 bits per heavy atom. The van der Waals surface area contributed by atoms with Gasteiger partial charge in [0.25, 0.3) is 0 Å². The SMILES string of the molecule is CCCC(=O)Nc1cccc(Nc2nc(C)cc(C)n2)c1. The molecule has 0 spiro atoms. The lowest BCUT2D eigenvalue weighted by Crippen LogP contribution is -2.10. The van der Waals surface area contributed by atoms with Crippen molar-refractivity contribution in [2.45, 2.75) is 33.6 Å². The van der Waals surface area contributed by atoms with Crippen LogP contribution < -0.4 is 10.6 Å². The number of nitrogens with one attached hydrogen (secondary N) is 2. The number of amides is 1. The number of hydrogen-bond donors (Lipinski definition) is 2. The Morgan fingerprint density at radius 3 is 2.43 bits per heavy atom. The Kier molecular flexibility index (Phi) is 4.87. The van der Waals surface area contributed by atoms with Gasteiger partial charge in [-0.15, -0.1) is 0 Å². The number of rotatable bonds is 5. The van der Waals surface area contributed by atoms with Crippen molar-refractivity contribution in [3.8, 4) is 0 Å². The molecule has 0 atom stereocenters. The predicted molar refractivity (Wildman–Crippen MR) is 84.8 cm³/mol. The minimum atomic E-state index is 0.0253. The van der Waals surface area contributed by atoms with Crippen LogP contribution in [0.2, 0.25) is 0 Å². The van der Waals surface area contributed by atoms with Gasteiger partial charge in [0, 0.05) is 29.2 Å². The van der Waals surface area contributed by atoms with Crippen molar-refractivity contribution in [1.82, 2.24) is 9.97 Å². The monoisotopic (exact) mass is 284 g/mol. The second-order valence-corrected chi connectivity index (χ2v) is 4.98. The third-order valence-electron chi connectivity index (χ3n) is 2.86. The molecule has 0 saturated carbocycles. The van der Waals surface area contributed by atoms with Crippen LogP contribution in [-0.4, -0.2) is 15.9 Å². The van der Waals surface area contributed by atoms with Gasteiger partial charge >= 0.3 is 0 Å². The molecule has 0 fully saturated rings. The third-order valence-corrected chi connectivity index (χ3v) is 2.86. The van der Waals surface area contributed by atoms with E-state index in [9.17, 15) is 4.79 Å². The number of nitrogens with zero attached hydrogens (tertiary/aromatic N) is 2. The topological polar surface area (TPSA) is 66.9 Å². The molecule has 5 nitrogen and oxygen atoms in total. The van der Waals surface area contributed by atoms with Crippen LogP contribution in [0.15, 0.2) is 30.3 Å². The van der Waals surface area contributed by atoms with Crippen LogP contribution in [-0.2, 0) is 4.79 Å². The van der Waals surface area contributed by atoms with Gasteiger partial charge in [-0.25, -0.2) is 9.97 Å². The van der Waals surface area contributed by atoms with Gasteiger partial charge in [-0.3, -0.25) is 4.79 Å². The van der Waals surface area contributed by atoms with Crippen LogP contribution in [0.25, 0.3) is 0 Å². The summed E-state index contributed by atoms with van der Waals surface area (Å²) in [5, 5.41) is 6.03. The Bertz CT molecular complexity index is 620. The van der Waals surface area contributed by atoms with Crippen molar-refractivity contribution in [2.24, 2.45) is 0 Å². The highest BCUT2D eigenvalue weighted by Gasteiger charge is 2.03. The van der Waals surface area contributed by atoms with Crippen LogP contribution in [0.1, 0.15) is 31.2 Å². The van der Waals surface area contributed by atoms with Crippen molar-refractivity contribution in [1.29, 1.82) is 0 Å². The maximum Gasteiger partial charge on any atom is 0.227 e. The van der Waals surface area contributed by atoms with E-state index >= 15 is 0 Å². The molecule has 2 N–H and O–H groups in total. The standard InChI is InChI=1S/C16H20N4O/c1-4-6-15(21)19-13-7-5-8-14(10-13)20-16-17-11(2)9-12(3)18-16/h5,7-10H,4,6H2,1-3H3,(H,19,21)(H,17,18,20). The smallest absolute Gasteiger partial charge is 0.227 e. The minimum Gasteiger partial charge on any atom is -0.326 e. The van der Waals surface area contributed by atoms with E-state index in [4.69, 9.17) is 0 Å². The molecule has 5 heteroatoms. The van der Waals surface area contributed by atoms with Gasteiger partial charge in [0.15, 0.2) is 0 Å². The summed E-state index contributed by atoms with van der Waals surface area (Å²) in [7, 11) is 0. The lowest BCUT2D eigenvalue weighted by atomic mass is 10.2. The number of benzene rings is 1. The second kappa shape index (κ2) is 6.83. The fraction of sp³-hybridized carbons (Fsp3) is 0.312. The maximum absolute atomic E-state index is 11.6. The number of carbonyl (C=O) groups excluding carboxylic acids is 1. The van der Waals surface area contributed by atoms with Crippen LogP contribution in [0, 0.1) is 13.8 Å². The molecule has 1 aromatic carbocycles. The zero-order chi connectivity index (χ0) is 15.2.